The van der Waals surface area contributed by atoms with Crippen molar-refractivity contribution in [3.63, 3.8) is 0 Å². The fourth-order valence-electron chi connectivity index (χ4n) is 6.15. The molecule has 0 atom stereocenters. The highest BCUT2D eigenvalue weighted by atomic mass is 35.5. The Morgan fingerprint density at radius 3 is 2.42 bits per heavy atom. The maximum atomic E-state index is 13.9. The third-order valence-corrected chi connectivity index (χ3v) is 9.44. The lowest BCUT2D eigenvalue weighted by Crippen LogP contribution is -2.41. The molecule has 1 N–H and O–H groups in total. The minimum absolute atomic E-state index is 0.0729. The van der Waals surface area contributed by atoms with Gasteiger partial charge in [-0.1, -0.05) is 68.3 Å². The van der Waals surface area contributed by atoms with Crippen LogP contribution in [-0.2, 0) is 16.1 Å². The second-order valence-electron chi connectivity index (χ2n) is 11.1. The lowest BCUT2D eigenvalue weighted by molar-refractivity contribution is -0.124. The standard InChI is InChI=1S/C32H35ClN4O2S/c33-23-15-17-25(18-16-23)34-30(38)21-36-20-22(27-13-7-8-14-28(27)36)19-29-31(39)37(26-11-5-2-6-12-26)32(40-29)35-24-9-3-1-4-10-24/h7-8,13-20,24,26H,1-6,9-12,21H2,(H,34,38). The molecular formula is C32H35ClN4O2S. The number of anilines is 1. The third-order valence-electron chi connectivity index (χ3n) is 8.19. The van der Waals surface area contributed by atoms with Crippen molar-refractivity contribution in [1.29, 1.82) is 0 Å². The Kier molecular flexibility index (Phi) is 8.30. The average Bonchev–Trinajstić information content (AvgIpc) is 3.47. The Morgan fingerprint density at radius 2 is 1.68 bits per heavy atom. The van der Waals surface area contributed by atoms with Gasteiger partial charge in [0.15, 0.2) is 5.17 Å². The summed E-state index contributed by atoms with van der Waals surface area (Å²) in [5.74, 6) is -0.0530. The van der Waals surface area contributed by atoms with E-state index >= 15 is 0 Å². The van der Waals surface area contributed by atoms with E-state index in [1.807, 2.05) is 39.9 Å². The third kappa shape index (κ3) is 6.01. The average molecular weight is 575 g/mol. The number of para-hydroxylation sites is 1. The Bertz CT molecular complexity index is 1450. The quantitative estimate of drug-likeness (QED) is 0.305. The van der Waals surface area contributed by atoms with Crippen LogP contribution >= 0.6 is 23.4 Å². The zero-order valence-electron chi connectivity index (χ0n) is 22.7. The topological polar surface area (TPSA) is 66.7 Å². The van der Waals surface area contributed by atoms with Gasteiger partial charge in [0.05, 0.1) is 10.9 Å². The molecule has 6 nitrogen and oxygen atoms in total. The number of nitrogens with zero attached hydrogens (tertiary/aromatic N) is 3. The summed E-state index contributed by atoms with van der Waals surface area (Å²) >= 11 is 7.51. The Balaban J connectivity index is 1.29. The van der Waals surface area contributed by atoms with Gasteiger partial charge in [0.2, 0.25) is 5.91 Å². The molecule has 1 aromatic heterocycles. The summed E-state index contributed by atoms with van der Waals surface area (Å²) < 4.78 is 1.95. The number of benzene rings is 2. The summed E-state index contributed by atoms with van der Waals surface area (Å²) in [6.07, 6.45) is 15.6. The lowest BCUT2D eigenvalue weighted by atomic mass is 9.94. The van der Waals surface area contributed by atoms with Crippen LogP contribution in [-0.4, -0.2) is 38.5 Å². The van der Waals surface area contributed by atoms with E-state index in [4.69, 9.17) is 16.6 Å². The summed E-state index contributed by atoms with van der Waals surface area (Å²) in [7, 11) is 0. The fourth-order valence-corrected chi connectivity index (χ4v) is 7.38. The molecule has 0 radical (unpaired) electrons. The number of amidine groups is 1. The Morgan fingerprint density at radius 1 is 0.975 bits per heavy atom. The predicted octanol–water partition coefficient (Wildman–Crippen LogP) is 7.87. The van der Waals surface area contributed by atoms with Crippen molar-refractivity contribution in [3.05, 3.63) is 70.2 Å². The van der Waals surface area contributed by atoms with Crippen LogP contribution in [0.3, 0.4) is 0 Å². The van der Waals surface area contributed by atoms with Crippen LogP contribution in [0.4, 0.5) is 5.69 Å². The van der Waals surface area contributed by atoms with Gasteiger partial charge in [0.1, 0.15) is 6.54 Å². The number of carbonyl (C=O) groups excluding carboxylic acids is 2. The number of aromatic nitrogens is 1. The molecule has 0 bridgehead atoms. The van der Waals surface area contributed by atoms with Crippen molar-refractivity contribution in [2.45, 2.75) is 82.8 Å². The highest BCUT2D eigenvalue weighted by Crippen LogP contribution is 2.39. The number of halogens is 1. The van der Waals surface area contributed by atoms with Gasteiger partial charge in [0, 0.05) is 39.4 Å². The van der Waals surface area contributed by atoms with Crippen molar-refractivity contribution in [3.8, 4) is 0 Å². The zero-order chi connectivity index (χ0) is 27.5. The molecule has 3 fully saturated rings. The van der Waals surface area contributed by atoms with Gasteiger partial charge < -0.3 is 9.88 Å². The van der Waals surface area contributed by atoms with Crippen LogP contribution in [0.2, 0.25) is 5.02 Å². The normalized spacial score (nSPS) is 21.1. The summed E-state index contributed by atoms with van der Waals surface area (Å²) in [5.41, 5.74) is 2.60. The molecule has 1 saturated heterocycles. The van der Waals surface area contributed by atoms with Crippen LogP contribution in [0.5, 0.6) is 0 Å². The first-order valence-electron chi connectivity index (χ1n) is 14.5. The molecule has 2 amide bonds. The maximum Gasteiger partial charge on any atom is 0.267 e. The fraction of sp³-hybridized carbons (Fsp3) is 0.406. The Hall–Kier alpha value is -3.03. The van der Waals surface area contributed by atoms with E-state index in [1.54, 1.807) is 24.3 Å². The van der Waals surface area contributed by atoms with Crippen LogP contribution in [0.15, 0.2) is 64.6 Å². The van der Waals surface area contributed by atoms with E-state index in [0.29, 0.717) is 21.7 Å². The number of thioether (sulfide) groups is 1. The molecule has 2 saturated carbocycles. The largest absolute Gasteiger partial charge is 0.337 e. The molecule has 208 valence electrons. The van der Waals surface area contributed by atoms with E-state index in [-0.39, 0.29) is 24.4 Å². The van der Waals surface area contributed by atoms with E-state index in [0.717, 1.165) is 47.3 Å². The van der Waals surface area contributed by atoms with E-state index in [2.05, 4.69) is 11.4 Å². The van der Waals surface area contributed by atoms with Gasteiger partial charge in [0.25, 0.3) is 5.91 Å². The zero-order valence-corrected chi connectivity index (χ0v) is 24.2. The molecule has 40 heavy (non-hydrogen) atoms. The highest BCUT2D eigenvalue weighted by molar-refractivity contribution is 8.18. The van der Waals surface area contributed by atoms with Crippen LogP contribution in [0, 0.1) is 0 Å². The molecule has 6 rings (SSSR count). The molecular weight excluding hydrogens is 540 g/mol. The van der Waals surface area contributed by atoms with Gasteiger partial charge in [-0.15, -0.1) is 0 Å². The van der Waals surface area contributed by atoms with E-state index < -0.39 is 0 Å². The molecule has 0 spiro atoms. The number of nitrogens with one attached hydrogen (secondary N) is 1. The van der Waals surface area contributed by atoms with Crippen molar-refractivity contribution in [2.24, 2.45) is 4.99 Å². The van der Waals surface area contributed by atoms with Crippen molar-refractivity contribution in [1.82, 2.24) is 9.47 Å². The minimum atomic E-state index is -0.126. The van der Waals surface area contributed by atoms with Crippen LogP contribution in [0.1, 0.15) is 69.8 Å². The van der Waals surface area contributed by atoms with Gasteiger partial charge in [-0.05, 0) is 73.9 Å². The first-order valence-corrected chi connectivity index (χ1v) is 15.7. The van der Waals surface area contributed by atoms with Crippen molar-refractivity contribution < 1.29 is 9.59 Å². The monoisotopic (exact) mass is 574 g/mol. The molecule has 8 heteroatoms. The van der Waals surface area contributed by atoms with Crippen molar-refractivity contribution >= 4 is 63.0 Å². The molecule has 3 aromatic rings. The second kappa shape index (κ2) is 12.2. The van der Waals surface area contributed by atoms with E-state index in [9.17, 15) is 9.59 Å². The molecule has 2 heterocycles. The van der Waals surface area contributed by atoms with Gasteiger partial charge in [-0.2, -0.15) is 0 Å². The SMILES string of the molecule is O=C(Cn1cc(C=C2SC(=NC3CCCCC3)N(C3CCCCC3)C2=O)c2ccccc21)Nc1ccc(Cl)cc1. The predicted molar refractivity (Wildman–Crippen MR) is 166 cm³/mol. The molecule has 3 aliphatic rings. The van der Waals surface area contributed by atoms with E-state index in [1.165, 1.54) is 50.3 Å². The second-order valence-corrected chi connectivity index (χ2v) is 12.5. The Labute approximate surface area is 244 Å². The van der Waals surface area contributed by atoms with Gasteiger partial charge in [-0.3, -0.25) is 19.5 Å². The number of carbonyl (C=O) groups is 2. The molecule has 1 aliphatic heterocycles. The summed E-state index contributed by atoms with van der Waals surface area (Å²) in [6, 6.07) is 15.7. The lowest BCUT2D eigenvalue weighted by Gasteiger charge is -2.31. The molecule has 2 aromatic carbocycles. The van der Waals surface area contributed by atoms with Gasteiger partial charge >= 0.3 is 0 Å². The van der Waals surface area contributed by atoms with Crippen molar-refractivity contribution in [2.75, 3.05) is 5.32 Å². The summed E-state index contributed by atoms with van der Waals surface area (Å²) in [6.45, 7) is 0.163. The number of fused-ring (bicyclic) bond motifs is 1. The van der Waals surface area contributed by atoms with Crippen LogP contribution in [0.25, 0.3) is 17.0 Å². The smallest absolute Gasteiger partial charge is 0.267 e. The van der Waals surface area contributed by atoms with Crippen LogP contribution < -0.4 is 5.32 Å². The maximum absolute atomic E-state index is 13.9. The summed E-state index contributed by atoms with van der Waals surface area (Å²) in [5, 5.41) is 5.48. The number of aliphatic imine (C=N–C) groups is 1. The number of amides is 2. The number of rotatable bonds is 6. The minimum Gasteiger partial charge on any atom is -0.337 e. The first-order chi connectivity index (χ1) is 19.5. The number of hydrogen-bond acceptors (Lipinski definition) is 4. The molecule has 2 aliphatic carbocycles. The molecule has 0 unspecified atom stereocenters. The number of hydrogen-bond donors (Lipinski definition) is 1. The highest BCUT2D eigenvalue weighted by Gasteiger charge is 2.39. The van der Waals surface area contributed by atoms with Gasteiger partial charge in [-0.25, -0.2) is 0 Å². The first kappa shape index (κ1) is 27.2. The summed E-state index contributed by atoms with van der Waals surface area (Å²) in [4.78, 5) is 34.7.